The normalized spacial score (nSPS) is 11.0. The molecule has 5 nitrogen and oxygen atoms in total. The molecular weight excluding hydrogens is 266 g/mol. The van der Waals surface area contributed by atoms with Crippen LogP contribution in [0.5, 0.6) is 0 Å². The van der Waals surface area contributed by atoms with Gasteiger partial charge in [0.2, 0.25) is 0 Å². The second-order valence-corrected chi connectivity index (χ2v) is 5.62. The van der Waals surface area contributed by atoms with E-state index >= 15 is 0 Å². The van der Waals surface area contributed by atoms with Crippen LogP contribution in [0.25, 0.3) is 11.3 Å². The molecule has 0 fully saturated rings. The van der Waals surface area contributed by atoms with Crippen LogP contribution >= 0.6 is 0 Å². The first-order valence-corrected chi connectivity index (χ1v) is 6.77. The van der Waals surface area contributed by atoms with Gasteiger partial charge in [0, 0.05) is 5.56 Å². The van der Waals surface area contributed by atoms with Gasteiger partial charge in [-0.3, -0.25) is 0 Å². The molecule has 1 amide bonds. The number of alkyl carbamates (subject to hydrolysis) is 1. The summed E-state index contributed by atoms with van der Waals surface area (Å²) in [5.74, 6) is 0. The van der Waals surface area contributed by atoms with Crippen LogP contribution in [-0.2, 0) is 11.3 Å². The number of benzene rings is 1. The Bertz CT molecular complexity index is 606. The molecule has 0 aliphatic rings. The second-order valence-electron chi connectivity index (χ2n) is 5.62. The van der Waals surface area contributed by atoms with Gasteiger partial charge in [-0.15, -0.1) is 0 Å². The number of aromatic nitrogens is 2. The van der Waals surface area contributed by atoms with E-state index in [4.69, 9.17) is 4.74 Å². The third-order valence-electron chi connectivity index (χ3n) is 2.61. The van der Waals surface area contributed by atoms with Crippen LogP contribution < -0.4 is 5.32 Å². The van der Waals surface area contributed by atoms with Crippen molar-refractivity contribution in [3.8, 4) is 11.3 Å². The standard InChI is InChI=1S/C16H19N3O2/c1-16(2,3)21-15(20)17-10-13-9-14(19-11-18-13)12-7-5-4-6-8-12/h4-9,11H,10H2,1-3H3,(H,17,20). The molecule has 21 heavy (non-hydrogen) atoms. The fourth-order valence-electron chi connectivity index (χ4n) is 1.74. The predicted octanol–water partition coefficient (Wildman–Crippen LogP) is 3.17. The number of carbonyl (C=O) groups excluding carboxylic acids is 1. The molecule has 0 aliphatic carbocycles. The Kier molecular flexibility index (Phi) is 4.52. The van der Waals surface area contributed by atoms with E-state index in [0.29, 0.717) is 6.54 Å². The van der Waals surface area contributed by atoms with Crippen LogP contribution in [-0.4, -0.2) is 21.7 Å². The van der Waals surface area contributed by atoms with Crippen LogP contribution in [0.1, 0.15) is 26.5 Å². The molecule has 110 valence electrons. The van der Waals surface area contributed by atoms with Gasteiger partial charge < -0.3 is 10.1 Å². The van der Waals surface area contributed by atoms with E-state index < -0.39 is 11.7 Å². The average molecular weight is 285 g/mol. The van der Waals surface area contributed by atoms with Crippen molar-refractivity contribution in [2.75, 3.05) is 0 Å². The lowest BCUT2D eigenvalue weighted by molar-refractivity contribution is 0.0523. The summed E-state index contributed by atoms with van der Waals surface area (Å²) >= 11 is 0. The molecule has 1 N–H and O–H groups in total. The van der Waals surface area contributed by atoms with E-state index in [1.807, 2.05) is 57.2 Å². The SMILES string of the molecule is CC(C)(C)OC(=O)NCc1cc(-c2ccccc2)ncn1. The summed E-state index contributed by atoms with van der Waals surface area (Å²) in [6, 6.07) is 11.7. The van der Waals surface area contributed by atoms with Crippen LogP contribution in [0.3, 0.4) is 0 Å². The average Bonchev–Trinajstić information content (AvgIpc) is 2.45. The van der Waals surface area contributed by atoms with Gasteiger partial charge >= 0.3 is 6.09 Å². The smallest absolute Gasteiger partial charge is 0.407 e. The minimum atomic E-state index is -0.509. The van der Waals surface area contributed by atoms with Gasteiger partial charge in [0.25, 0.3) is 0 Å². The first-order valence-electron chi connectivity index (χ1n) is 6.77. The number of hydrogen-bond donors (Lipinski definition) is 1. The lowest BCUT2D eigenvalue weighted by Crippen LogP contribution is -2.32. The second kappa shape index (κ2) is 6.35. The van der Waals surface area contributed by atoms with E-state index in [1.165, 1.54) is 6.33 Å². The van der Waals surface area contributed by atoms with Gasteiger partial charge in [-0.25, -0.2) is 14.8 Å². The Morgan fingerprint density at radius 1 is 1.19 bits per heavy atom. The van der Waals surface area contributed by atoms with Gasteiger partial charge in [0.05, 0.1) is 17.9 Å². The highest BCUT2D eigenvalue weighted by atomic mass is 16.6. The van der Waals surface area contributed by atoms with Crippen molar-refractivity contribution in [2.24, 2.45) is 0 Å². The van der Waals surface area contributed by atoms with Crippen LogP contribution in [0.2, 0.25) is 0 Å². The van der Waals surface area contributed by atoms with Crippen molar-refractivity contribution in [1.82, 2.24) is 15.3 Å². The van der Waals surface area contributed by atoms with Gasteiger partial charge in [-0.1, -0.05) is 30.3 Å². The van der Waals surface area contributed by atoms with E-state index in [0.717, 1.165) is 17.0 Å². The maximum atomic E-state index is 11.6. The summed E-state index contributed by atoms with van der Waals surface area (Å²) in [5, 5.41) is 2.68. The fraction of sp³-hybridized carbons (Fsp3) is 0.312. The van der Waals surface area contributed by atoms with Crippen molar-refractivity contribution in [1.29, 1.82) is 0 Å². The Balaban J connectivity index is 2.01. The van der Waals surface area contributed by atoms with Crippen LogP contribution in [0.15, 0.2) is 42.7 Å². The lowest BCUT2D eigenvalue weighted by Gasteiger charge is -2.19. The third kappa shape index (κ3) is 4.87. The van der Waals surface area contributed by atoms with Crippen molar-refractivity contribution < 1.29 is 9.53 Å². The molecule has 0 spiro atoms. The van der Waals surface area contributed by atoms with Gasteiger partial charge in [-0.2, -0.15) is 0 Å². The quantitative estimate of drug-likeness (QED) is 0.940. The maximum Gasteiger partial charge on any atom is 0.407 e. The Morgan fingerprint density at radius 2 is 1.90 bits per heavy atom. The molecule has 1 heterocycles. The topological polar surface area (TPSA) is 64.1 Å². The fourth-order valence-corrected chi connectivity index (χ4v) is 1.74. The highest BCUT2D eigenvalue weighted by Crippen LogP contribution is 2.16. The summed E-state index contributed by atoms with van der Waals surface area (Å²) in [6.07, 6.45) is 1.04. The molecule has 0 saturated carbocycles. The first-order chi connectivity index (χ1) is 9.94. The first kappa shape index (κ1) is 15.0. The van der Waals surface area contributed by atoms with E-state index in [2.05, 4.69) is 15.3 Å². The molecule has 0 atom stereocenters. The lowest BCUT2D eigenvalue weighted by atomic mass is 10.1. The van der Waals surface area contributed by atoms with Gasteiger partial charge in [0.15, 0.2) is 0 Å². The van der Waals surface area contributed by atoms with Crippen molar-refractivity contribution in [3.05, 3.63) is 48.4 Å². The van der Waals surface area contributed by atoms with Crippen molar-refractivity contribution >= 4 is 6.09 Å². The molecule has 0 bridgehead atoms. The highest BCUT2D eigenvalue weighted by Gasteiger charge is 2.15. The third-order valence-corrected chi connectivity index (χ3v) is 2.61. The largest absolute Gasteiger partial charge is 0.444 e. The van der Waals surface area contributed by atoms with E-state index in [1.54, 1.807) is 0 Å². The zero-order chi connectivity index (χ0) is 15.3. The summed E-state index contributed by atoms with van der Waals surface area (Å²) in [4.78, 5) is 20.0. The molecule has 0 aliphatic heterocycles. The minimum Gasteiger partial charge on any atom is -0.444 e. The summed E-state index contributed by atoms with van der Waals surface area (Å²) in [5.41, 5.74) is 2.06. The van der Waals surface area contributed by atoms with Crippen LogP contribution in [0, 0.1) is 0 Å². The van der Waals surface area contributed by atoms with Crippen LogP contribution in [0.4, 0.5) is 4.79 Å². The minimum absolute atomic E-state index is 0.303. The van der Waals surface area contributed by atoms with Gasteiger partial charge in [0.1, 0.15) is 11.9 Å². The summed E-state index contributed by atoms with van der Waals surface area (Å²) in [7, 11) is 0. The van der Waals surface area contributed by atoms with E-state index in [-0.39, 0.29) is 0 Å². The number of nitrogens with zero attached hydrogens (tertiary/aromatic N) is 2. The van der Waals surface area contributed by atoms with Crippen molar-refractivity contribution in [3.63, 3.8) is 0 Å². The zero-order valence-electron chi connectivity index (χ0n) is 12.5. The number of hydrogen-bond acceptors (Lipinski definition) is 4. The molecule has 0 radical (unpaired) electrons. The number of ether oxygens (including phenoxy) is 1. The molecule has 0 unspecified atom stereocenters. The number of nitrogens with one attached hydrogen (secondary N) is 1. The summed E-state index contributed by atoms with van der Waals surface area (Å²) < 4.78 is 5.18. The maximum absolute atomic E-state index is 11.6. The molecular formula is C16H19N3O2. The Hall–Kier alpha value is -2.43. The molecule has 5 heteroatoms. The highest BCUT2D eigenvalue weighted by molar-refractivity contribution is 5.67. The number of carbonyl (C=O) groups is 1. The molecule has 2 rings (SSSR count). The van der Waals surface area contributed by atoms with Gasteiger partial charge in [-0.05, 0) is 26.8 Å². The monoisotopic (exact) mass is 285 g/mol. The molecule has 1 aromatic carbocycles. The molecule has 1 aromatic heterocycles. The Labute approximate surface area is 124 Å². The predicted molar refractivity (Wildman–Crippen MR) is 80.5 cm³/mol. The Morgan fingerprint density at radius 3 is 2.57 bits per heavy atom. The summed E-state index contributed by atoms with van der Waals surface area (Å²) in [6.45, 7) is 5.78. The van der Waals surface area contributed by atoms with Crippen molar-refractivity contribution in [2.45, 2.75) is 32.9 Å². The molecule has 0 saturated heterocycles. The number of amides is 1. The zero-order valence-corrected chi connectivity index (χ0v) is 12.5. The number of rotatable bonds is 3. The molecule has 2 aromatic rings. The van der Waals surface area contributed by atoms with E-state index in [9.17, 15) is 4.79 Å².